The Labute approximate surface area is 234 Å². The summed E-state index contributed by atoms with van der Waals surface area (Å²) >= 11 is 12.2. The molecule has 0 bridgehead atoms. The van der Waals surface area contributed by atoms with Crippen LogP contribution in [0.2, 0.25) is 10.0 Å². The number of imidazole rings is 1. The fourth-order valence-electron chi connectivity index (χ4n) is 6.40. The Morgan fingerprint density at radius 2 is 1.82 bits per heavy atom. The number of hydrogen-bond acceptors (Lipinski definition) is 5. The lowest BCUT2D eigenvalue weighted by molar-refractivity contribution is 0.0219. The van der Waals surface area contributed by atoms with Gasteiger partial charge in [0.05, 0.1) is 22.1 Å². The summed E-state index contributed by atoms with van der Waals surface area (Å²) in [4.78, 5) is 22.5. The Bertz CT molecular complexity index is 1570. The second-order valence-electron chi connectivity index (χ2n) is 10.7. The first kappa shape index (κ1) is 26.0. The summed E-state index contributed by atoms with van der Waals surface area (Å²) in [5.74, 6) is 0.763. The van der Waals surface area contributed by atoms with Crippen molar-refractivity contribution in [2.75, 3.05) is 5.32 Å². The zero-order valence-electron chi connectivity index (χ0n) is 21.4. The van der Waals surface area contributed by atoms with Crippen molar-refractivity contribution in [3.05, 3.63) is 81.9 Å². The molecular weight excluding hydrogens is 542 g/mol. The number of nitrogens with zero attached hydrogens (tertiary/aromatic N) is 5. The number of halogens is 3. The number of fused-ring (bicyclic) bond motifs is 1. The highest BCUT2D eigenvalue weighted by Crippen LogP contribution is 2.56. The second-order valence-corrected chi connectivity index (χ2v) is 11.5. The first-order chi connectivity index (χ1) is 18.6. The van der Waals surface area contributed by atoms with Crippen LogP contribution in [0.3, 0.4) is 0 Å². The zero-order valence-corrected chi connectivity index (χ0v) is 22.9. The van der Waals surface area contributed by atoms with Gasteiger partial charge in [0, 0.05) is 31.3 Å². The zero-order chi connectivity index (χ0) is 27.5. The van der Waals surface area contributed by atoms with Crippen LogP contribution in [0.4, 0.5) is 10.1 Å². The summed E-state index contributed by atoms with van der Waals surface area (Å²) in [5.41, 5.74) is 1.25. The maximum atomic E-state index is 13.5. The van der Waals surface area contributed by atoms with E-state index >= 15 is 0 Å². The molecule has 2 N–H and O–H groups in total. The number of benzene rings is 2. The number of rotatable bonds is 5. The van der Waals surface area contributed by atoms with Crippen LogP contribution >= 0.6 is 23.2 Å². The Hall–Kier alpha value is -3.27. The normalized spacial score (nSPS) is 24.2. The molecule has 2 fully saturated rings. The molecular formula is C28H27Cl2FN6O2. The monoisotopic (exact) mass is 568 g/mol. The van der Waals surface area contributed by atoms with Crippen molar-refractivity contribution in [3.8, 4) is 11.4 Å². The molecule has 202 valence electrons. The van der Waals surface area contributed by atoms with Gasteiger partial charge >= 0.3 is 0 Å². The number of nitrogens with one attached hydrogen (secondary N) is 1. The first-order valence-corrected chi connectivity index (χ1v) is 13.5. The Morgan fingerprint density at radius 1 is 1.10 bits per heavy atom. The molecule has 0 spiro atoms. The van der Waals surface area contributed by atoms with E-state index in [0.717, 1.165) is 24.1 Å². The van der Waals surface area contributed by atoms with E-state index in [-0.39, 0.29) is 28.7 Å². The lowest BCUT2D eigenvalue weighted by Crippen LogP contribution is -2.27. The third kappa shape index (κ3) is 4.62. The van der Waals surface area contributed by atoms with Gasteiger partial charge < -0.3 is 15.0 Å². The van der Waals surface area contributed by atoms with Crippen molar-refractivity contribution in [2.45, 2.75) is 37.2 Å². The highest BCUT2D eigenvalue weighted by Gasteiger charge is 2.52. The molecule has 2 atom stereocenters. The molecule has 39 heavy (non-hydrogen) atoms. The Morgan fingerprint density at radius 3 is 2.51 bits per heavy atom. The van der Waals surface area contributed by atoms with E-state index in [0.29, 0.717) is 40.9 Å². The molecule has 0 radical (unpaired) electrons. The van der Waals surface area contributed by atoms with Crippen molar-refractivity contribution in [1.82, 2.24) is 24.3 Å². The summed E-state index contributed by atoms with van der Waals surface area (Å²) in [5, 5.41) is 19.6. The van der Waals surface area contributed by atoms with Crippen LogP contribution in [-0.4, -0.2) is 35.3 Å². The van der Waals surface area contributed by atoms with E-state index in [1.165, 1.54) is 18.2 Å². The van der Waals surface area contributed by atoms with Crippen LogP contribution in [0.5, 0.6) is 0 Å². The van der Waals surface area contributed by atoms with Gasteiger partial charge in [0.25, 0.3) is 5.91 Å². The molecule has 0 saturated heterocycles. The van der Waals surface area contributed by atoms with Gasteiger partial charge in [0.1, 0.15) is 17.1 Å². The summed E-state index contributed by atoms with van der Waals surface area (Å²) < 4.78 is 16.9. The van der Waals surface area contributed by atoms with Crippen molar-refractivity contribution in [3.63, 3.8) is 0 Å². The van der Waals surface area contributed by atoms with Gasteiger partial charge in [0.15, 0.2) is 11.6 Å². The molecule has 1 amide bonds. The van der Waals surface area contributed by atoms with Gasteiger partial charge in [-0.2, -0.15) is 5.10 Å². The lowest BCUT2D eigenvalue weighted by Gasteiger charge is -2.23. The van der Waals surface area contributed by atoms with Crippen LogP contribution in [0.15, 0.2) is 48.8 Å². The van der Waals surface area contributed by atoms with E-state index in [1.807, 2.05) is 18.2 Å². The number of amides is 1. The smallest absolute Gasteiger partial charge is 0.274 e. The third-order valence-corrected chi connectivity index (χ3v) is 8.70. The fourth-order valence-corrected chi connectivity index (χ4v) is 6.80. The summed E-state index contributed by atoms with van der Waals surface area (Å²) in [6.45, 7) is 0. The molecule has 11 heteroatoms. The second kappa shape index (κ2) is 9.73. The fraction of sp³-hybridized carbons (Fsp3) is 0.357. The maximum absolute atomic E-state index is 13.5. The topological polar surface area (TPSA) is 97.9 Å². The summed E-state index contributed by atoms with van der Waals surface area (Å²) in [6, 6.07) is 11.5. The summed E-state index contributed by atoms with van der Waals surface area (Å²) in [6.07, 6.45) is 4.38. The Kier molecular flexibility index (Phi) is 6.48. The average molecular weight is 569 g/mol. The highest BCUT2D eigenvalue weighted by atomic mass is 35.5. The van der Waals surface area contributed by atoms with Crippen molar-refractivity contribution < 1.29 is 14.3 Å². The molecule has 2 heterocycles. The molecule has 2 aromatic heterocycles. The van der Waals surface area contributed by atoms with E-state index in [1.54, 1.807) is 35.7 Å². The average Bonchev–Trinajstić information content (AvgIpc) is 3.63. The van der Waals surface area contributed by atoms with Crippen LogP contribution in [0, 0.1) is 17.7 Å². The van der Waals surface area contributed by atoms with Gasteiger partial charge in [-0.15, -0.1) is 0 Å². The number of aliphatic hydroxyl groups is 1. The van der Waals surface area contributed by atoms with Crippen LogP contribution in [0.25, 0.3) is 11.4 Å². The van der Waals surface area contributed by atoms with E-state index in [9.17, 15) is 14.3 Å². The molecule has 2 aromatic carbocycles. The minimum atomic E-state index is -1.09. The predicted molar refractivity (Wildman–Crippen MR) is 146 cm³/mol. The molecule has 4 aromatic rings. The van der Waals surface area contributed by atoms with Gasteiger partial charge in [-0.25, -0.2) is 19.0 Å². The molecule has 8 nitrogen and oxygen atoms in total. The predicted octanol–water partition coefficient (Wildman–Crippen LogP) is 5.71. The largest absolute Gasteiger partial charge is 0.382 e. The number of carbonyl (C=O) groups excluding carboxylic acids is 1. The minimum absolute atomic E-state index is 0.0592. The van der Waals surface area contributed by atoms with Crippen LogP contribution in [0.1, 0.15) is 53.6 Å². The Balaban J connectivity index is 1.19. The van der Waals surface area contributed by atoms with Crippen LogP contribution in [-0.2, 0) is 19.7 Å². The quantitative estimate of drug-likeness (QED) is 0.321. The van der Waals surface area contributed by atoms with Crippen molar-refractivity contribution in [1.29, 1.82) is 0 Å². The SMILES string of the molecule is Cn1cnc(C2CC3CC(O)(c4nc(-c5ccccc5Cl)nn4C)CC3C2)c1C(=O)Nc1ccc(F)c(Cl)c1. The number of anilines is 1. The molecule has 6 rings (SSSR count). The highest BCUT2D eigenvalue weighted by molar-refractivity contribution is 6.33. The minimum Gasteiger partial charge on any atom is -0.382 e. The molecule has 2 aliphatic rings. The molecule has 2 aliphatic carbocycles. The number of hydrogen-bond donors (Lipinski definition) is 2. The molecule has 0 aliphatic heterocycles. The number of aromatic nitrogens is 5. The van der Waals surface area contributed by atoms with Crippen molar-refractivity contribution in [2.24, 2.45) is 25.9 Å². The van der Waals surface area contributed by atoms with Gasteiger partial charge in [-0.1, -0.05) is 35.3 Å². The van der Waals surface area contributed by atoms with E-state index in [2.05, 4.69) is 15.4 Å². The number of carbonyl (C=O) groups is 1. The maximum Gasteiger partial charge on any atom is 0.274 e. The van der Waals surface area contributed by atoms with E-state index in [4.69, 9.17) is 28.2 Å². The van der Waals surface area contributed by atoms with Gasteiger partial charge in [-0.3, -0.25) is 4.79 Å². The summed E-state index contributed by atoms with van der Waals surface area (Å²) in [7, 11) is 3.58. The molecule has 2 unspecified atom stereocenters. The standard InChI is InChI=1S/C28H27Cl2FN6O2/c1-36-14-32-23(24(36)26(38)33-18-7-8-22(31)21(30)11-18)15-9-16-12-28(39,13-17(16)10-15)27-34-25(35-37(27)2)19-5-3-4-6-20(19)29/h3-8,11,14-17,39H,9-10,12-13H2,1-2H3,(H,33,38). The molecule has 2 saturated carbocycles. The number of aryl methyl sites for hydroxylation is 2. The van der Waals surface area contributed by atoms with Gasteiger partial charge in [0.2, 0.25) is 0 Å². The van der Waals surface area contributed by atoms with Crippen molar-refractivity contribution >= 4 is 34.8 Å². The van der Waals surface area contributed by atoms with Gasteiger partial charge in [-0.05, 0) is 67.9 Å². The third-order valence-electron chi connectivity index (χ3n) is 8.08. The van der Waals surface area contributed by atoms with E-state index < -0.39 is 11.4 Å². The van der Waals surface area contributed by atoms with Crippen LogP contribution < -0.4 is 5.32 Å². The first-order valence-electron chi connectivity index (χ1n) is 12.8. The lowest BCUT2D eigenvalue weighted by atomic mass is 9.91.